The first-order valence-electron chi connectivity index (χ1n) is 12.5. The Morgan fingerprint density at radius 3 is 2.41 bits per heavy atom. The Labute approximate surface area is 234 Å². The summed E-state index contributed by atoms with van der Waals surface area (Å²) in [6.07, 6.45) is -6.15. The van der Waals surface area contributed by atoms with Gasteiger partial charge in [0.1, 0.15) is 24.0 Å². The maximum Gasteiger partial charge on any atom is 0.416 e. The van der Waals surface area contributed by atoms with Gasteiger partial charge in [0.15, 0.2) is 13.2 Å². The maximum atomic E-state index is 13.8. The number of benzene rings is 3. The van der Waals surface area contributed by atoms with Crippen molar-refractivity contribution in [1.82, 2.24) is 4.90 Å². The normalized spacial score (nSPS) is 16.4. The molecule has 2 atom stereocenters. The number of cyclic esters (lactones) is 1. The van der Waals surface area contributed by atoms with Crippen molar-refractivity contribution in [3.05, 3.63) is 89.0 Å². The highest BCUT2D eigenvalue weighted by molar-refractivity contribution is 5.78. The van der Waals surface area contributed by atoms with Gasteiger partial charge >= 0.3 is 18.2 Å². The third kappa shape index (κ3) is 6.76. The van der Waals surface area contributed by atoms with Crippen LogP contribution in [-0.2, 0) is 33.4 Å². The van der Waals surface area contributed by atoms with Gasteiger partial charge in [-0.05, 0) is 53.4 Å². The minimum absolute atomic E-state index is 0.156. The Kier molecular flexibility index (Phi) is 8.78. The molecule has 41 heavy (non-hydrogen) atoms. The van der Waals surface area contributed by atoms with Gasteiger partial charge in [0, 0.05) is 5.56 Å². The second-order valence-corrected chi connectivity index (χ2v) is 9.23. The van der Waals surface area contributed by atoms with E-state index in [0.717, 1.165) is 17.7 Å². The predicted octanol–water partition coefficient (Wildman–Crippen LogP) is 5.97. The van der Waals surface area contributed by atoms with Gasteiger partial charge in [-0.2, -0.15) is 23.7 Å². The molecule has 3 aromatic rings. The van der Waals surface area contributed by atoms with Crippen molar-refractivity contribution in [2.24, 2.45) is 0 Å². The van der Waals surface area contributed by atoms with Crippen LogP contribution in [-0.4, -0.2) is 36.2 Å². The van der Waals surface area contributed by atoms with Crippen molar-refractivity contribution < 1.29 is 37.0 Å². The fourth-order valence-corrected chi connectivity index (χ4v) is 4.61. The van der Waals surface area contributed by atoms with E-state index in [1.165, 1.54) is 17.0 Å². The molecule has 0 saturated carbocycles. The summed E-state index contributed by atoms with van der Waals surface area (Å²) in [7, 11) is 0. The lowest BCUT2D eigenvalue weighted by atomic mass is 9.93. The molecule has 0 N–H and O–H groups in total. The summed E-state index contributed by atoms with van der Waals surface area (Å²) >= 11 is 0. The number of ether oxygens (including phenoxy) is 3. The monoisotopic (exact) mass is 563 g/mol. The summed E-state index contributed by atoms with van der Waals surface area (Å²) in [5, 5.41) is 17.7. The van der Waals surface area contributed by atoms with Crippen molar-refractivity contribution >= 4 is 12.1 Å². The highest BCUT2D eigenvalue weighted by Gasteiger charge is 2.40. The van der Waals surface area contributed by atoms with Gasteiger partial charge in [-0.1, -0.05) is 42.5 Å². The smallest absolute Gasteiger partial charge is 0.416 e. The summed E-state index contributed by atoms with van der Waals surface area (Å²) in [6.45, 7) is 0.784. The molecule has 0 aliphatic carbocycles. The molecule has 2 unspecified atom stereocenters. The first-order valence-corrected chi connectivity index (χ1v) is 12.5. The molecule has 1 saturated heterocycles. The zero-order valence-corrected chi connectivity index (χ0v) is 21.9. The number of nitriles is 2. The molecule has 1 heterocycles. The summed E-state index contributed by atoms with van der Waals surface area (Å²) < 4.78 is 57.3. The molecule has 0 spiro atoms. The fraction of sp³-hybridized carbons (Fsp3) is 0.267. The molecule has 4 rings (SSSR count). The second-order valence-electron chi connectivity index (χ2n) is 9.23. The summed E-state index contributed by atoms with van der Waals surface area (Å²) in [5.41, 5.74) is 1.06. The van der Waals surface area contributed by atoms with E-state index in [-0.39, 0.29) is 30.9 Å². The lowest BCUT2D eigenvalue weighted by Crippen LogP contribution is -2.31. The SMILES string of the molecule is CC1C(c2ccccc2)OC(=O)N1Cc1cc(C(F)(F)F)ccc1-c1cc(CC(=O)OCC#N)ccc1OCC#N. The minimum Gasteiger partial charge on any atom is -0.478 e. The standard InChI is InChI=1S/C30H24F3N3O5/c1-19-28(21-5-3-2-4-6-21)41-29(38)36(19)18-22-17-23(30(31,32)33)8-9-24(22)25-15-20(16-27(37)40-14-12-35)7-10-26(25)39-13-11-34/h2-10,15,17,19,28H,13-14,16,18H2,1H3. The number of carbonyl (C=O) groups is 2. The van der Waals surface area contributed by atoms with E-state index in [4.69, 9.17) is 24.7 Å². The van der Waals surface area contributed by atoms with Gasteiger partial charge in [-0.15, -0.1) is 0 Å². The number of rotatable bonds is 9. The van der Waals surface area contributed by atoms with Crippen molar-refractivity contribution in [2.45, 2.75) is 38.2 Å². The number of nitrogens with zero attached hydrogens (tertiary/aromatic N) is 3. The highest BCUT2D eigenvalue weighted by Crippen LogP contribution is 2.40. The first-order chi connectivity index (χ1) is 19.6. The van der Waals surface area contributed by atoms with Crippen LogP contribution in [0.2, 0.25) is 0 Å². The van der Waals surface area contributed by atoms with Crippen LogP contribution in [0.3, 0.4) is 0 Å². The molecule has 1 amide bonds. The van der Waals surface area contributed by atoms with Crippen LogP contribution in [0.25, 0.3) is 11.1 Å². The van der Waals surface area contributed by atoms with Crippen LogP contribution >= 0.6 is 0 Å². The third-order valence-electron chi connectivity index (χ3n) is 6.57. The fourth-order valence-electron chi connectivity index (χ4n) is 4.61. The zero-order chi connectivity index (χ0) is 29.6. The summed E-state index contributed by atoms with van der Waals surface area (Å²) in [5.74, 6) is -0.475. The molecular formula is C30H24F3N3O5. The lowest BCUT2D eigenvalue weighted by molar-refractivity contribution is -0.141. The van der Waals surface area contributed by atoms with Crippen LogP contribution < -0.4 is 4.74 Å². The predicted molar refractivity (Wildman–Crippen MR) is 139 cm³/mol. The number of amides is 1. The Bertz CT molecular complexity index is 1510. The molecule has 0 bridgehead atoms. The topological polar surface area (TPSA) is 113 Å². The molecule has 3 aromatic carbocycles. The highest BCUT2D eigenvalue weighted by atomic mass is 19.4. The molecule has 0 aromatic heterocycles. The van der Waals surface area contributed by atoms with Gasteiger partial charge in [0.2, 0.25) is 0 Å². The second kappa shape index (κ2) is 12.4. The van der Waals surface area contributed by atoms with E-state index in [0.29, 0.717) is 16.7 Å². The number of halogens is 3. The van der Waals surface area contributed by atoms with Crippen LogP contribution in [0, 0.1) is 22.7 Å². The average Bonchev–Trinajstić information content (AvgIpc) is 3.23. The molecule has 1 fully saturated rings. The molecule has 1 aliphatic heterocycles. The molecule has 8 nitrogen and oxygen atoms in total. The van der Waals surface area contributed by atoms with Gasteiger partial charge in [0.05, 0.1) is 24.6 Å². The number of alkyl halides is 3. The number of hydrogen-bond acceptors (Lipinski definition) is 7. The van der Waals surface area contributed by atoms with E-state index in [1.807, 2.05) is 12.1 Å². The number of hydrogen-bond donors (Lipinski definition) is 0. The number of esters is 1. The lowest BCUT2D eigenvalue weighted by Gasteiger charge is -2.24. The van der Waals surface area contributed by atoms with Crippen molar-refractivity contribution in [2.75, 3.05) is 13.2 Å². The van der Waals surface area contributed by atoms with Crippen molar-refractivity contribution in [1.29, 1.82) is 10.5 Å². The quantitative estimate of drug-likeness (QED) is 0.295. The summed E-state index contributed by atoms with van der Waals surface area (Å²) in [6, 6.07) is 19.8. The van der Waals surface area contributed by atoms with Gasteiger partial charge < -0.3 is 14.2 Å². The third-order valence-corrected chi connectivity index (χ3v) is 6.57. The maximum absolute atomic E-state index is 13.8. The largest absolute Gasteiger partial charge is 0.478 e. The van der Waals surface area contributed by atoms with Crippen molar-refractivity contribution in [3.63, 3.8) is 0 Å². The number of carbonyl (C=O) groups excluding carboxylic acids is 2. The minimum atomic E-state index is -4.65. The summed E-state index contributed by atoms with van der Waals surface area (Å²) in [4.78, 5) is 26.4. The van der Waals surface area contributed by atoms with E-state index in [2.05, 4.69) is 0 Å². The Morgan fingerprint density at radius 2 is 1.73 bits per heavy atom. The molecule has 0 radical (unpaired) electrons. The molecule has 210 valence electrons. The Balaban J connectivity index is 1.77. The van der Waals surface area contributed by atoms with E-state index < -0.39 is 42.6 Å². The van der Waals surface area contributed by atoms with Gasteiger partial charge in [0.25, 0.3) is 0 Å². The van der Waals surface area contributed by atoms with Crippen LogP contribution in [0.5, 0.6) is 5.75 Å². The van der Waals surface area contributed by atoms with E-state index in [1.54, 1.807) is 49.4 Å². The van der Waals surface area contributed by atoms with E-state index in [9.17, 15) is 22.8 Å². The van der Waals surface area contributed by atoms with E-state index >= 15 is 0 Å². The van der Waals surface area contributed by atoms with Crippen LogP contribution in [0.1, 0.15) is 35.3 Å². The first kappa shape index (κ1) is 29.0. The molecule has 1 aliphatic rings. The van der Waals surface area contributed by atoms with Gasteiger partial charge in [-0.3, -0.25) is 9.69 Å². The Hall–Kier alpha value is -5.03. The molecule has 11 heteroatoms. The average molecular weight is 564 g/mol. The van der Waals surface area contributed by atoms with Crippen molar-refractivity contribution in [3.8, 4) is 29.0 Å². The van der Waals surface area contributed by atoms with Crippen LogP contribution in [0.15, 0.2) is 66.7 Å². The molecular weight excluding hydrogens is 539 g/mol. The van der Waals surface area contributed by atoms with Crippen LogP contribution in [0.4, 0.5) is 18.0 Å². The zero-order valence-electron chi connectivity index (χ0n) is 21.9. The Morgan fingerprint density at radius 1 is 1.00 bits per heavy atom. The van der Waals surface area contributed by atoms with Gasteiger partial charge in [-0.25, -0.2) is 4.79 Å².